The van der Waals surface area contributed by atoms with Crippen molar-refractivity contribution < 1.29 is 4.39 Å². The van der Waals surface area contributed by atoms with Crippen molar-refractivity contribution in [3.05, 3.63) is 35.8 Å². The van der Waals surface area contributed by atoms with Crippen molar-refractivity contribution in [2.24, 2.45) is 0 Å². The Morgan fingerprint density at radius 3 is 2.80 bits per heavy atom. The number of nitrogens with zero attached hydrogens (tertiary/aromatic N) is 1. The molecular formula is C11H11FN2S. The van der Waals surface area contributed by atoms with Crippen LogP contribution in [0.3, 0.4) is 0 Å². The number of hydrogen-bond donors (Lipinski definition) is 1. The Morgan fingerprint density at radius 1 is 1.40 bits per heavy atom. The largest absolute Gasteiger partial charge is 0.365 e. The average molecular weight is 222 g/mol. The van der Waals surface area contributed by atoms with E-state index in [9.17, 15) is 4.39 Å². The van der Waals surface area contributed by atoms with Crippen molar-refractivity contribution >= 4 is 16.5 Å². The highest BCUT2D eigenvalue weighted by atomic mass is 32.1. The minimum atomic E-state index is -0.169. The van der Waals surface area contributed by atoms with Crippen molar-refractivity contribution in [2.45, 2.75) is 6.92 Å². The third kappa shape index (κ3) is 1.99. The molecule has 0 aliphatic carbocycles. The van der Waals surface area contributed by atoms with E-state index >= 15 is 0 Å². The molecule has 0 saturated carbocycles. The Hall–Kier alpha value is -1.42. The summed E-state index contributed by atoms with van der Waals surface area (Å²) < 4.78 is 13.1. The zero-order valence-electron chi connectivity index (χ0n) is 8.54. The van der Waals surface area contributed by atoms with Crippen molar-refractivity contribution in [1.82, 2.24) is 4.98 Å². The SMILES string of the molecule is CNc1ncc(-c2ccc(F)c(C)c2)s1. The number of hydrogen-bond acceptors (Lipinski definition) is 3. The number of nitrogens with one attached hydrogen (secondary N) is 1. The molecule has 0 radical (unpaired) electrons. The first-order valence-corrected chi connectivity index (χ1v) is 5.42. The first-order chi connectivity index (χ1) is 7.20. The van der Waals surface area contributed by atoms with Crippen LogP contribution < -0.4 is 5.32 Å². The average Bonchev–Trinajstić information content (AvgIpc) is 2.70. The topological polar surface area (TPSA) is 24.9 Å². The van der Waals surface area contributed by atoms with Crippen LogP contribution in [0.2, 0.25) is 0 Å². The molecule has 1 heterocycles. The van der Waals surface area contributed by atoms with Gasteiger partial charge in [-0.05, 0) is 30.2 Å². The third-order valence-corrected chi connectivity index (χ3v) is 3.23. The van der Waals surface area contributed by atoms with Crippen molar-refractivity contribution in [3.8, 4) is 10.4 Å². The van der Waals surface area contributed by atoms with E-state index in [1.807, 2.05) is 13.1 Å². The Kier molecular flexibility index (Phi) is 2.68. The van der Waals surface area contributed by atoms with E-state index in [-0.39, 0.29) is 5.82 Å². The summed E-state index contributed by atoms with van der Waals surface area (Å²) in [6.07, 6.45) is 1.79. The van der Waals surface area contributed by atoms with Crippen LogP contribution in [0.4, 0.5) is 9.52 Å². The second-order valence-corrected chi connectivity index (χ2v) is 4.27. The van der Waals surface area contributed by atoms with E-state index in [0.717, 1.165) is 15.6 Å². The molecule has 0 amide bonds. The lowest BCUT2D eigenvalue weighted by molar-refractivity contribution is 0.619. The first kappa shape index (κ1) is 10.1. The standard InChI is InChI=1S/C11H11FN2S/c1-7-5-8(3-4-9(7)12)10-6-14-11(13-2)15-10/h3-6H,1-2H3,(H,13,14). The number of thiazole rings is 1. The molecule has 0 aliphatic heterocycles. The maximum absolute atomic E-state index is 13.1. The molecular weight excluding hydrogens is 211 g/mol. The summed E-state index contributed by atoms with van der Waals surface area (Å²) in [4.78, 5) is 5.22. The molecule has 1 aromatic carbocycles. The fourth-order valence-electron chi connectivity index (χ4n) is 1.32. The van der Waals surface area contributed by atoms with E-state index in [1.54, 1.807) is 30.5 Å². The van der Waals surface area contributed by atoms with Gasteiger partial charge in [0.25, 0.3) is 0 Å². The second-order valence-electron chi connectivity index (χ2n) is 3.24. The minimum absolute atomic E-state index is 0.169. The predicted octanol–water partition coefficient (Wildman–Crippen LogP) is 3.30. The molecule has 2 aromatic rings. The van der Waals surface area contributed by atoms with E-state index in [1.165, 1.54) is 6.07 Å². The second kappa shape index (κ2) is 3.98. The van der Waals surface area contributed by atoms with Gasteiger partial charge in [-0.15, -0.1) is 0 Å². The van der Waals surface area contributed by atoms with Gasteiger partial charge in [0, 0.05) is 13.2 Å². The molecule has 0 bridgehead atoms. The minimum Gasteiger partial charge on any atom is -0.365 e. The Labute approximate surface area is 91.8 Å². The van der Waals surface area contributed by atoms with Crippen molar-refractivity contribution in [1.29, 1.82) is 0 Å². The highest BCUT2D eigenvalue weighted by Crippen LogP contribution is 2.29. The van der Waals surface area contributed by atoms with E-state index < -0.39 is 0 Å². The highest BCUT2D eigenvalue weighted by Gasteiger charge is 2.05. The normalized spacial score (nSPS) is 10.3. The number of benzene rings is 1. The zero-order valence-corrected chi connectivity index (χ0v) is 9.36. The van der Waals surface area contributed by atoms with E-state index in [4.69, 9.17) is 0 Å². The van der Waals surface area contributed by atoms with Gasteiger partial charge < -0.3 is 5.32 Å². The molecule has 0 unspecified atom stereocenters. The number of aromatic nitrogens is 1. The summed E-state index contributed by atoms with van der Waals surface area (Å²) in [5.74, 6) is -0.169. The smallest absolute Gasteiger partial charge is 0.182 e. The van der Waals surface area contributed by atoms with Crippen LogP contribution in [0.25, 0.3) is 10.4 Å². The number of rotatable bonds is 2. The lowest BCUT2D eigenvalue weighted by atomic mass is 10.1. The molecule has 15 heavy (non-hydrogen) atoms. The number of anilines is 1. The van der Waals surface area contributed by atoms with Crippen LogP contribution >= 0.6 is 11.3 Å². The van der Waals surface area contributed by atoms with Gasteiger partial charge in [-0.3, -0.25) is 0 Å². The Morgan fingerprint density at radius 2 is 2.20 bits per heavy atom. The highest BCUT2D eigenvalue weighted by molar-refractivity contribution is 7.18. The monoisotopic (exact) mass is 222 g/mol. The Balaban J connectivity index is 2.40. The molecule has 0 fully saturated rings. The van der Waals surface area contributed by atoms with Gasteiger partial charge in [0.15, 0.2) is 5.13 Å². The lowest BCUT2D eigenvalue weighted by Gasteiger charge is -1.99. The zero-order chi connectivity index (χ0) is 10.8. The van der Waals surface area contributed by atoms with E-state index in [2.05, 4.69) is 10.3 Å². The molecule has 1 aromatic heterocycles. The fourth-order valence-corrected chi connectivity index (χ4v) is 2.09. The lowest BCUT2D eigenvalue weighted by Crippen LogP contribution is -1.83. The van der Waals surface area contributed by atoms with Gasteiger partial charge in [-0.25, -0.2) is 9.37 Å². The summed E-state index contributed by atoms with van der Waals surface area (Å²) in [6.45, 7) is 1.76. The van der Waals surface area contributed by atoms with Crippen LogP contribution in [0.15, 0.2) is 24.4 Å². The molecule has 1 N–H and O–H groups in total. The molecule has 0 saturated heterocycles. The molecule has 2 nitrogen and oxygen atoms in total. The van der Waals surface area contributed by atoms with Crippen LogP contribution in [-0.4, -0.2) is 12.0 Å². The van der Waals surface area contributed by atoms with Crippen LogP contribution in [-0.2, 0) is 0 Å². The number of halogens is 1. The Bertz CT molecular complexity index is 479. The molecule has 4 heteroatoms. The van der Waals surface area contributed by atoms with Crippen LogP contribution in [0, 0.1) is 12.7 Å². The summed E-state index contributed by atoms with van der Waals surface area (Å²) >= 11 is 1.56. The van der Waals surface area contributed by atoms with Crippen molar-refractivity contribution in [3.63, 3.8) is 0 Å². The summed E-state index contributed by atoms with van der Waals surface area (Å²) in [5, 5.41) is 3.84. The van der Waals surface area contributed by atoms with Crippen molar-refractivity contribution in [2.75, 3.05) is 12.4 Å². The van der Waals surface area contributed by atoms with Gasteiger partial charge in [0.05, 0.1) is 4.88 Å². The summed E-state index contributed by atoms with van der Waals surface area (Å²) in [7, 11) is 1.83. The predicted molar refractivity (Wildman–Crippen MR) is 61.8 cm³/mol. The van der Waals surface area contributed by atoms with Gasteiger partial charge in [-0.1, -0.05) is 17.4 Å². The summed E-state index contributed by atoms with van der Waals surface area (Å²) in [5.41, 5.74) is 1.67. The molecule has 0 spiro atoms. The maximum Gasteiger partial charge on any atom is 0.182 e. The fraction of sp³-hybridized carbons (Fsp3) is 0.182. The molecule has 0 atom stereocenters. The van der Waals surface area contributed by atoms with Crippen LogP contribution in [0.5, 0.6) is 0 Å². The molecule has 0 aliphatic rings. The molecule has 78 valence electrons. The first-order valence-electron chi connectivity index (χ1n) is 4.61. The quantitative estimate of drug-likeness (QED) is 0.843. The van der Waals surface area contributed by atoms with Gasteiger partial charge in [-0.2, -0.15) is 0 Å². The van der Waals surface area contributed by atoms with Gasteiger partial charge >= 0.3 is 0 Å². The third-order valence-electron chi connectivity index (χ3n) is 2.16. The molecule has 2 rings (SSSR count). The van der Waals surface area contributed by atoms with E-state index in [0.29, 0.717) is 5.56 Å². The summed E-state index contributed by atoms with van der Waals surface area (Å²) in [6, 6.07) is 5.10. The van der Waals surface area contributed by atoms with Crippen LogP contribution in [0.1, 0.15) is 5.56 Å². The maximum atomic E-state index is 13.1. The number of aryl methyl sites for hydroxylation is 1. The van der Waals surface area contributed by atoms with Gasteiger partial charge in [0.1, 0.15) is 5.82 Å². The van der Waals surface area contributed by atoms with Gasteiger partial charge in [0.2, 0.25) is 0 Å².